The molecule has 2 atom stereocenters. The van der Waals surface area contributed by atoms with E-state index in [1.165, 1.54) is 0 Å². The number of benzene rings is 1. The summed E-state index contributed by atoms with van der Waals surface area (Å²) in [7, 11) is 0. The molecule has 0 fully saturated rings. The molecule has 20 heavy (non-hydrogen) atoms. The van der Waals surface area contributed by atoms with Crippen molar-refractivity contribution in [1.29, 1.82) is 0 Å². The Hall–Kier alpha value is -1.75. The summed E-state index contributed by atoms with van der Waals surface area (Å²) in [6, 6.07) is 5.37. The highest BCUT2D eigenvalue weighted by molar-refractivity contribution is 5.66. The Labute approximate surface area is 118 Å². The molecule has 0 amide bonds. The molecule has 0 saturated heterocycles. The Balaban J connectivity index is 2.04. The van der Waals surface area contributed by atoms with Gasteiger partial charge in [-0.2, -0.15) is 0 Å². The number of rotatable bonds is 5. The fourth-order valence-electron chi connectivity index (χ4n) is 2.29. The second-order valence-corrected chi connectivity index (χ2v) is 5.21. The standard InChI is InChI=1S/C15H20O5/c1-10(8-15(17)18)7-12(16)11-3-4-13-14(9-11)20-6-2-5-19-13/h3-4,9-10,12,16H,2,5-8H2,1H3,(H,17,18). The van der Waals surface area contributed by atoms with Crippen LogP contribution in [0.2, 0.25) is 0 Å². The monoisotopic (exact) mass is 280 g/mol. The summed E-state index contributed by atoms with van der Waals surface area (Å²) in [5, 5.41) is 18.9. The lowest BCUT2D eigenvalue weighted by Gasteiger charge is -2.17. The molecule has 1 aliphatic heterocycles. The number of carboxylic acid groups (broad SMARTS) is 1. The van der Waals surface area contributed by atoms with Gasteiger partial charge in [0.25, 0.3) is 0 Å². The average molecular weight is 280 g/mol. The molecule has 2 N–H and O–H groups in total. The number of aliphatic carboxylic acids is 1. The van der Waals surface area contributed by atoms with Gasteiger partial charge in [0.1, 0.15) is 0 Å². The number of aliphatic hydroxyl groups is 1. The van der Waals surface area contributed by atoms with Crippen molar-refractivity contribution in [3.8, 4) is 11.5 Å². The van der Waals surface area contributed by atoms with Gasteiger partial charge in [-0.05, 0) is 30.0 Å². The van der Waals surface area contributed by atoms with Gasteiger partial charge in [0, 0.05) is 12.8 Å². The van der Waals surface area contributed by atoms with Gasteiger partial charge in [0.2, 0.25) is 0 Å². The lowest BCUT2D eigenvalue weighted by Crippen LogP contribution is -2.09. The highest BCUT2D eigenvalue weighted by Crippen LogP contribution is 2.34. The van der Waals surface area contributed by atoms with Crippen LogP contribution in [0.4, 0.5) is 0 Å². The molecule has 2 unspecified atom stereocenters. The molecule has 110 valence electrons. The van der Waals surface area contributed by atoms with Crippen molar-refractivity contribution in [2.24, 2.45) is 5.92 Å². The van der Waals surface area contributed by atoms with E-state index in [-0.39, 0.29) is 12.3 Å². The Morgan fingerprint density at radius 1 is 1.30 bits per heavy atom. The van der Waals surface area contributed by atoms with Gasteiger partial charge in [0.05, 0.1) is 19.3 Å². The van der Waals surface area contributed by atoms with E-state index in [1.54, 1.807) is 18.2 Å². The van der Waals surface area contributed by atoms with Crippen molar-refractivity contribution in [3.05, 3.63) is 23.8 Å². The zero-order chi connectivity index (χ0) is 14.5. The molecular weight excluding hydrogens is 260 g/mol. The molecule has 1 aliphatic rings. The van der Waals surface area contributed by atoms with E-state index in [0.29, 0.717) is 31.1 Å². The molecule has 2 rings (SSSR count). The molecule has 1 aromatic carbocycles. The van der Waals surface area contributed by atoms with Crippen molar-refractivity contribution < 1.29 is 24.5 Å². The van der Waals surface area contributed by atoms with Crippen LogP contribution in [0.25, 0.3) is 0 Å². The third-order valence-corrected chi connectivity index (χ3v) is 3.31. The quantitative estimate of drug-likeness (QED) is 0.866. The summed E-state index contributed by atoms with van der Waals surface area (Å²) >= 11 is 0. The number of carbonyl (C=O) groups is 1. The van der Waals surface area contributed by atoms with Gasteiger partial charge in [-0.15, -0.1) is 0 Å². The fraction of sp³-hybridized carbons (Fsp3) is 0.533. The average Bonchev–Trinajstić information content (AvgIpc) is 2.61. The lowest BCUT2D eigenvalue weighted by molar-refractivity contribution is -0.138. The number of fused-ring (bicyclic) bond motifs is 1. The summed E-state index contributed by atoms with van der Waals surface area (Å²) in [6.45, 7) is 3.05. The first-order valence-corrected chi connectivity index (χ1v) is 6.85. The smallest absolute Gasteiger partial charge is 0.303 e. The Morgan fingerprint density at radius 3 is 2.70 bits per heavy atom. The van der Waals surface area contributed by atoms with Crippen LogP contribution >= 0.6 is 0 Å². The second-order valence-electron chi connectivity index (χ2n) is 5.21. The first-order chi connectivity index (χ1) is 9.56. The predicted molar refractivity (Wildman–Crippen MR) is 73.0 cm³/mol. The van der Waals surface area contributed by atoms with Crippen molar-refractivity contribution >= 4 is 5.97 Å². The number of hydrogen-bond donors (Lipinski definition) is 2. The fourth-order valence-corrected chi connectivity index (χ4v) is 2.29. The van der Waals surface area contributed by atoms with Crippen LogP contribution in [-0.2, 0) is 4.79 Å². The summed E-state index contributed by atoms with van der Waals surface area (Å²) in [5.41, 5.74) is 0.728. The molecule has 0 saturated carbocycles. The molecule has 1 aromatic rings. The SMILES string of the molecule is CC(CC(=O)O)CC(O)c1ccc2c(c1)OCCCO2. The molecule has 5 heteroatoms. The zero-order valence-electron chi connectivity index (χ0n) is 11.5. The van der Waals surface area contributed by atoms with E-state index in [0.717, 1.165) is 12.0 Å². The van der Waals surface area contributed by atoms with Crippen LogP contribution in [0.3, 0.4) is 0 Å². The van der Waals surface area contributed by atoms with Gasteiger partial charge in [-0.1, -0.05) is 13.0 Å². The maximum absolute atomic E-state index is 10.6. The van der Waals surface area contributed by atoms with Gasteiger partial charge >= 0.3 is 5.97 Å². The third-order valence-electron chi connectivity index (χ3n) is 3.31. The molecule has 0 radical (unpaired) electrons. The minimum Gasteiger partial charge on any atom is -0.490 e. The van der Waals surface area contributed by atoms with Crippen molar-refractivity contribution in [3.63, 3.8) is 0 Å². The number of aliphatic hydroxyl groups excluding tert-OH is 1. The van der Waals surface area contributed by atoms with Gasteiger partial charge in [-0.3, -0.25) is 4.79 Å². The van der Waals surface area contributed by atoms with E-state index in [4.69, 9.17) is 14.6 Å². The molecule has 1 heterocycles. The summed E-state index contributed by atoms with van der Waals surface area (Å²) in [4.78, 5) is 10.6. The topological polar surface area (TPSA) is 76.0 Å². The zero-order valence-corrected chi connectivity index (χ0v) is 11.5. The molecule has 0 bridgehead atoms. The first-order valence-electron chi connectivity index (χ1n) is 6.85. The third kappa shape index (κ3) is 3.87. The van der Waals surface area contributed by atoms with Gasteiger partial charge < -0.3 is 19.7 Å². The van der Waals surface area contributed by atoms with Crippen LogP contribution in [0.5, 0.6) is 11.5 Å². The largest absolute Gasteiger partial charge is 0.490 e. The molecule has 0 aromatic heterocycles. The van der Waals surface area contributed by atoms with E-state index in [9.17, 15) is 9.90 Å². The summed E-state index contributed by atoms with van der Waals surface area (Å²) < 4.78 is 11.1. The maximum Gasteiger partial charge on any atom is 0.303 e. The summed E-state index contributed by atoms with van der Waals surface area (Å²) in [6.07, 6.45) is 0.608. The lowest BCUT2D eigenvalue weighted by atomic mass is 9.95. The van der Waals surface area contributed by atoms with Gasteiger partial charge in [0.15, 0.2) is 11.5 Å². The molecule has 5 nitrogen and oxygen atoms in total. The highest BCUT2D eigenvalue weighted by Gasteiger charge is 2.18. The first kappa shape index (κ1) is 14.7. The summed E-state index contributed by atoms with van der Waals surface area (Å²) in [5.74, 6) is 0.406. The predicted octanol–water partition coefficient (Wildman–Crippen LogP) is 2.38. The molecular formula is C15H20O5. The maximum atomic E-state index is 10.6. The van der Waals surface area contributed by atoms with Crippen LogP contribution in [-0.4, -0.2) is 29.4 Å². The molecule has 0 spiro atoms. The minimum atomic E-state index is -0.844. The van der Waals surface area contributed by atoms with Crippen LogP contribution in [0, 0.1) is 5.92 Å². The van der Waals surface area contributed by atoms with Crippen molar-refractivity contribution in [1.82, 2.24) is 0 Å². The van der Waals surface area contributed by atoms with Crippen LogP contribution < -0.4 is 9.47 Å². The van der Waals surface area contributed by atoms with E-state index in [1.807, 2.05) is 6.92 Å². The van der Waals surface area contributed by atoms with Crippen molar-refractivity contribution in [2.45, 2.75) is 32.3 Å². The number of ether oxygens (including phenoxy) is 2. The van der Waals surface area contributed by atoms with Crippen LogP contribution in [0.1, 0.15) is 37.9 Å². The Kier molecular flexibility index (Phi) is 4.84. The minimum absolute atomic E-state index is 0.0572. The van der Waals surface area contributed by atoms with Gasteiger partial charge in [-0.25, -0.2) is 0 Å². The number of carboxylic acids is 1. The molecule has 0 aliphatic carbocycles. The highest BCUT2D eigenvalue weighted by atomic mass is 16.5. The van der Waals surface area contributed by atoms with E-state index < -0.39 is 12.1 Å². The second kappa shape index (κ2) is 6.61. The van der Waals surface area contributed by atoms with Crippen molar-refractivity contribution in [2.75, 3.05) is 13.2 Å². The van der Waals surface area contributed by atoms with E-state index in [2.05, 4.69) is 0 Å². The van der Waals surface area contributed by atoms with Crippen LogP contribution in [0.15, 0.2) is 18.2 Å². The normalized spacial score (nSPS) is 17.1. The Morgan fingerprint density at radius 2 is 2.00 bits per heavy atom. The van der Waals surface area contributed by atoms with E-state index >= 15 is 0 Å². The Bertz CT molecular complexity index is 471. The number of hydrogen-bond acceptors (Lipinski definition) is 4.